The van der Waals surface area contributed by atoms with E-state index in [1.54, 1.807) is 23.3 Å². The fourth-order valence-corrected chi connectivity index (χ4v) is 4.14. The summed E-state index contributed by atoms with van der Waals surface area (Å²) in [4.78, 5) is 26.9. The van der Waals surface area contributed by atoms with Crippen LogP contribution in [0.4, 0.5) is 0 Å². The molecular weight excluding hydrogens is 394 g/mol. The van der Waals surface area contributed by atoms with E-state index in [1.807, 2.05) is 0 Å². The fourth-order valence-electron chi connectivity index (χ4n) is 3.24. The highest BCUT2D eigenvalue weighted by molar-refractivity contribution is 7.89. The van der Waals surface area contributed by atoms with Crippen molar-refractivity contribution >= 4 is 21.8 Å². The lowest BCUT2D eigenvalue weighted by molar-refractivity contribution is -0.126. The maximum atomic E-state index is 12.7. The zero-order valence-corrected chi connectivity index (χ0v) is 17.3. The Morgan fingerprint density at radius 2 is 1.79 bits per heavy atom. The van der Waals surface area contributed by atoms with Gasteiger partial charge >= 0.3 is 0 Å². The number of hydrogen-bond acceptors (Lipinski definition) is 5. The zero-order valence-electron chi connectivity index (χ0n) is 16.5. The number of hydrogen-bond donors (Lipinski definition) is 1. The van der Waals surface area contributed by atoms with Crippen LogP contribution in [0.2, 0.25) is 0 Å². The van der Waals surface area contributed by atoms with Gasteiger partial charge in [-0.2, -0.15) is 0 Å². The van der Waals surface area contributed by atoms with E-state index >= 15 is 0 Å². The lowest BCUT2D eigenvalue weighted by atomic mass is 9.95. The maximum Gasteiger partial charge on any atom is 0.253 e. The van der Waals surface area contributed by atoms with Crippen LogP contribution in [0.15, 0.2) is 52.0 Å². The van der Waals surface area contributed by atoms with Gasteiger partial charge in [0, 0.05) is 38.7 Å². The third-order valence-corrected chi connectivity index (χ3v) is 6.88. The Bertz CT molecular complexity index is 945. The molecule has 1 aromatic carbocycles. The van der Waals surface area contributed by atoms with Gasteiger partial charge in [0.05, 0.1) is 17.7 Å². The summed E-state index contributed by atoms with van der Waals surface area (Å²) in [6.07, 6.45) is 2.74. The molecule has 2 aromatic rings. The monoisotopic (exact) mass is 419 g/mol. The van der Waals surface area contributed by atoms with Gasteiger partial charge in [0.25, 0.3) is 5.91 Å². The quantitative estimate of drug-likeness (QED) is 0.768. The van der Waals surface area contributed by atoms with Crippen molar-refractivity contribution in [3.05, 3.63) is 54.0 Å². The fraction of sp³-hybridized carbons (Fsp3) is 0.400. The van der Waals surface area contributed by atoms with Crippen LogP contribution in [0.25, 0.3) is 0 Å². The standard InChI is InChI=1S/C20H25N3O5S/c1-22(2)29(26,27)18-7-5-16(6-8-18)20(25)23-11-9-15(10-12-23)19(24)21-14-17-4-3-13-28-17/h3-8,13,15H,9-12,14H2,1-2H3,(H,21,24). The highest BCUT2D eigenvalue weighted by Crippen LogP contribution is 2.21. The SMILES string of the molecule is CN(C)S(=O)(=O)c1ccc(C(=O)N2CCC(C(=O)NCc3ccco3)CC2)cc1. The van der Waals surface area contributed by atoms with Crippen molar-refractivity contribution < 1.29 is 22.4 Å². The summed E-state index contributed by atoms with van der Waals surface area (Å²) < 4.78 is 30.6. The first-order valence-electron chi connectivity index (χ1n) is 9.41. The Kier molecular flexibility index (Phi) is 6.39. The number of nitrogens with one attached hydrogen (secondary N) is 1. The van der Waals surface area contributed by atoms with Gasteiger partial charge < -0.3 is 14.6 Å². The second kappa shape index (κ2) is 8.79. The molecule has 0 atom stereocenters. The minimum Gasteiger partial charge on any atom is -0.467 e. The summed E-state index contributed by atoms with van der Waals surface area (Å²) in [7, 11) is -0.602. The summed E-state index contributed by atoms with van der Waals surface area (Å²) in [5.41, 5.74) is 0.434. The molecule has 29 heavy (non-hydrogen) atoms. The van der Waals surface area contributed by atoms with E-state index in [2.05, 4.69) is 5.32 Å². The molecule has 3 rings (SSSR count). The summed E-state index contributed by atoms with van der Waals surface area (Å²) >= 11 is 0. The van der Waals surface area contributed by atoms with Gasteiger partial charge in [0.2, 0.25) is 15.9 Å². The largest absolute Gasteiger partial charge is 0.467 e. The highest BCUT2D eigenvalue weighted by atomic mass is 32.2. The second-order valence-corrected chi connectivity index (χ2v) is 9.33. The summed E-state index contributed by atoms with van der Waals surface area (Å²) in [6, 6.07) is 9.52. The molecule has 0 aliphatic carbocycles. The Hall–Kier alpha value is -2.65. The molecule has 1 aliphatic rings. The molecule has 2 amide bonds. The van der Waals surface area contributed by atoms with E-state index < -0.39 is 10.0 Å². The Morgan fingerprint density at radius 1 is 1.14 bits per heavy atom. The van der Waals surface area contributed by atoms with Crippen LogP contribution in [0, 0.1) is 5.92 Å². The van der Waals surface area contributed by atoms with Crippen molar-refractivity contribution in [2.75, 3.05) is 27.2 Å². The van der Waals surface area contributed by atoms with Crippen molar-refractivity contribution in [1.29, 1.82) is 0 Å². The molecule has 1 saturated heterocycles. The number of amides is 2. The molecule has 0 radical (unpaired) electrons. The molecule has 1 aliphatic heterocycles. The van der Waals surface area contributed by atoms with Crippen molar-refractivity contribution in [3.63, 3.8) is 0 Å². The van der Waals surface area contributed by atoms with Crippen molar-refractivity contribution in [1.82, 2.24) is 14.5 Å². The third-order valence-electron chi connectivity index (χ3n) is 5.05. The van der Waals surface area contributed by atoms with Gasteiger partial charge in [-0.3, -0.25) is 9.59 Å². The molecule has 2 heterocycles. The Labute approximate surface area is 170 Å². The van der Waals surface area contributed by atoms with Crippen molar-refractivity contribution in [2.24, 2.45) is 5.92 Å². The van der Waals surface area contributed by atoms with Gasteiger partial charge in [-0.05, 0) is 49.2 Å². The zero-order chi connectivity index (χ0) is 21.0. The molecule has 0 bridgehead atoms. The molecular formula is C20H25N3O5S. The molecule has 1 fully saturated rings. The van der Waals surface area contributed by atoms with Gasteiger partial charge in [0.15, 0.2) is 0 Å². The van der Waals surface area contributed by atoms with E-state index in [4.69, 9.17) is 4.42 Å². The summed E-state index contributed by atoms with van der Waals surface area (Å²) in [6.45, 7) is 1.32. The minimum atomic E-state index is -3.53. The van der Waals surface area contributed by atoms with E-state index in [0.717, 1.165) is 4.31 Å². The number of furan rings is 1. The van der Waals surface area contributed by atoms with Crippen LogP contribution in [0.3, 0.4) is 0 Å². The van der Waals surface area contributed by atoms with Crippen LogP contribution in [0.5, 0.6) is 0 Å². The first-order chi connectivity index (χ1) is 13.8. The number of rotatable bonds is 6. The van der Waals surface area contributed by atoms with E-state index in [9.17, 15) is 18.0 Å². The van der Waals surface area contributed by atoms with E-state index in [0.29, 0.717) is 43.8 Å². The Morgan fingerprint density at radius 3 is 2.34 bits per heavy atom. The lowest BCUT2D eigenvalue weighted by Gasteiger charge is -2.31. The predicted molar refractivity (Wildman–Crippen MR) is 106 cm³/mol. The van der Waals surface area contributed by atoms with Crippen LogP contribution >= 0.6 is 0 Å². The smallest absolute Gasteiger partial charge is 0.253 e. The minimum absolute atomic E-state index is 0.0354. The van der Waals surface area contributed by atoms with Crippen LogP contribution in [0.1, 0.15) is 29.0 Å². The number of sulfonamides is 1. The molecule has 1 aromatic heterocycles. The number of likely N-dealkylation sites (tertiary alicyclic amines) is 1. The summed E-state index contributed by atoms with van der Waals surface area (Å²) in [5, 5.41) is 2.86. The molecule has 8 nitrogen and oxygen atoms in total. The number of piperidine rings is 1. The number of carbonyl (C=O) groups excluding carboxylic acids is 2. The first-order valence-corrected chi connectivity index (χ1v) is 10.8. The maximum absolute atomic E-state index is 12.7. The highest BCUT2D eigenvalue weighted by Gasteiger charge is 2.28. The van der Waals surface area contributed by atoms with Crippen LogP contribution in [-0.2, 0) is 21.4 Å². The average molecular weight is 420 g/mol. The molecule has 1 N–H and O–H groups in total. The molecule has 0 unspecified atom stereocenters. The van der Waals surface area contributed by atoms with Gasteiger partial charge in [-0.1, -0.05) is 0 Å². The molecule has 156 valence electrons. The summed E-state index contributed by atoms with van der Waals surface area (Å²) in [5.74, 6) is 0.368. The molecule has 0 spiro atoms. The Balaban J connectivity index is 1.54. The number of carbonyl (C=O) groups is 2. The average Bonchev–Trinajstić information content (AvgIpc) is 3.25. The van der Waals surface area contributed by atoms with Crippen molar-refractivity contribution in [2.45, 2.75) is 24.3 Å². The number of benzene rings is 1. The molecule has 9 heteroatoms. The predicted octanol–water partition coefficient (Wildman–Crippen LogP) is 1.70. The van der Waals surface area contributed by atoms with Crippen LogP contribution in [-0.4, -0.2) is 56.6 Å². The third kappa shape index (κ3) is 4.86. The van der Waals surface area contributed by atoms with Crippen molar-refractivity contribution in [3.8, 4) is 0 Å². The van der Waals surface area contributed by atoms with Gasteiger partial charge in [0.1, 0.15) is 5.76 Å². The molecule has 0 saturated carbocycles. The first kappa shape index (κ1) is 21.1. The van der Waals surface area contributed by atoms with E-state index in [1.165, 1.54) is 38.4 Å². The van der Waals surface area contributed by atoms with Gasteiger partial charge in [-0.15, -0.1) is 0 Å². The van der Waals surface area contributed by atoms with E-state index in [-0.39, 0.29) is 22.6 Å². The number of nitrogens with zero attached hydrogens (tertiary/aromatic N) is 2. The topological polar surface area (TPSA) is 99.9 Å². The lowest BCUT2D eigenvalue weighted by Crippen LogP contribution is -2.42. The second-order valence-electron chi connectivity index (χ2n) is 7.18. The normalized spacial score (nSPS) is 15.5. The van der Waals surface area contributed by atoms with Crippen LogP contribution < -0.4 is 5.32 Å². The van der Waals surface area contributed by atoms with Gasteiger partial charge in [-0.25, -0.2) is 12.7 Å².